The fourth-order valence-corrected chi connectivity index (χ4v) is 3.09. The van der Waals surface area contributed by atoms with Crippen LogP contribution in [0.15, 0.2) is 42.5 Å². The molecule has 2 aromatic carbocycles. The maximum absolute atomic E-state index is 12.5. The van der Waals surface area contributed by atoms with Crippen LogP contribution in [0.1, 0.15) is 31.8 Å². The van der Waals surface area contributed by atoms with Crippen LogP contribution in [0.3, 0.4) is 0 Å². The number of amides is 1. The quantitative estimate of drug-likeness (QED) is 0.827. The molecule has 0 atom stereocenters. The topological polar surface area (TPSA) is 89.5 Å². The molecule has 0 saturated carbocycles. The molecule has 0 aliphatic carbocycles. The van der Waals surface area contributed by atoms with Gasteiger partial charge in [-0.2, -0.15) is 0 Å². The van der Waals surface area contributed by atoms with E-state index in [-0.39, 0.29) is 11.7 Å². The highest BCUT2D eigenvalue weighted by Crippen LogP contribution is 2.19. The summed E-state index contributed by atoms with van der Waals surface area (Å²) in [5.41, 5.74) is 2.48. The van der Waals surface area contributed by atoms with Crippen molar-refractivity contribution < 1.29 is 22.7 Å². The number of carbonyl (C=O) groups excluding carboxylic acids is 2. The summed E-state index contributed by atoms with van der Waals surface area (Å²) in [6.45, 7) is 1.80. The number of ether oxygens (including phenoxy) is 1. The molecule has 132 valence electrons. The molecular weight excluding hydrogens is 342 g/mol. The number of hydrogen-bond acceptors (Lipinski definition) is 5. The number of aryl methyl sites for hydroxylation is 1. The highest BCUT2D eigenvalue weighted by molar-refractivity contribution is 7.89. The van der Waals surface area contributed by atoms with Gasteiger partial charge in [0.15, 0.2) is 9.84 Å². The van der Waals surface area contributed by atoms with Gasteiger partial charge < -0.3 is 10.1 Å². The van der Waals surface area contributed by atoms with E-state index >= 15 is 0 Å². The van der Waals surface area contributed by atoms with Gasteiger partial charge in [-0.15, -0.1) is 0 Å². The van der Waals surface area contributed by atoms with Gasteiger partial charge in [-0.3, -0.25) is 4.79 Å². The van der Waals surface area contributed by atoms with Gasteiger partial charge in [-0.05, 0) is 42.3 Å². The molecule has 0 radical (unpaired) electrons. The van der Waals surface area contributed by atoms with Crippen LogP contribution in [0.2, 0.25) is 0 Å². The summed E-state index contributed by atoms with van der Waals surface area (Å²) in [5.74, 6) is -1.02. The summed E-state index contributed by atoms with van der Waals surface area (Å²) in [6.07, 6.45) is 1.14. The van der Waals surface area contributed by atoms with Gasteiger partial charge in [0.1, 0.15) is 0 Å². The van der Waals surface area contributed by atoms with Gasteiger partial charge >= 0.3 is 5.97 Å². The van der Waals surface area contributed by atoms with Crippen LogP contribution in [-0.2, 0) is 20.3 Å². The molecule has 0 bridgehead atoms. The Bertz CT molecular complexity index is 919. The first-order valence-electron chi connectivity index (χ1n) is 7.46. The standard InChI is InChI=1S/C18H19NO5S/c1-12-7-8-15(18(21)24-2)10-16(12)19-17(20)14-6-4-5-13(9-14)11-25(3,22)23/h4-10H,11H2,1-3H3,(H,19,20). The molecule has 1 amide bonds. The number of methoxy groups -OCH3 is 1. The molecule has 0 spiro atoms. The van der Waals surface area contributed by atoms with Crippen molar-refractivity contribution >= 4 is 27.4 Å². The van der Waals surface area contributed by atoms with Crippen molar-refractivity contribution in [2.45, 2.75) is 12.7 Å². The minimum Gasteiger partial charge on any atom is -0.465 e. The van der Waals surface area contributed by atoms with Crippen molar-refractivity contribution in [3.8, 4) is 0 Å². The fourth-order valence-electron chi connectivity index (χ4n) is 2.30. The predicted octanol–water partition coefficient (Wildman–Crippen LogP) is 2.58. The predicted molar refractivity (Wildman–Crippen MR) is 95.5 cm³/mol. The summed E-state index contributed by atoms with van der Waals surface area (Å²) in [7, 11) is -1.90. The lowest BCUT2D eigenvalue weighted by Gasteiger charge is -2.11. The molecule has 25 heavy (non-hydrogen) atoms. The molecule has 1 N–H and O–H groups in total. The number of nitrogens with one attached hydrogen (secondary N) is 1. The number of rotatable bonds is 5. The Kier molecular flexibility index (Phi) is 5.58. The van der Waals surface area contributed by atoms with Crippen molar-refractivity contribution in [2.75, 3.05) is 18.7 Å². The Morgan fingerprint density at radius 2 is 1.80 bits per heavy atom. The first kappa shape index (κ1) is 18.7. The Labute approximate surface area is 146 Å². The first-order valence-corrected chi connectivity index (χ1v) is 9.52. The van der Waals surface area contributed by atoms with E-state index in [0.717, 1.165) is 11.8 Å². The molecule has 6 nitrogen and oxygen atoms in total. The van der Waals surface area contributed by atoms with Gasteiger partial charge in [0.25, 0.3) is 5.91 Å². The largest absolute Gasteiger partial charge is 0.465 e. The maximum Gasteiger partial charge on any atom is 0.337 e. The van der Waals surface area contributed by atoms with Crippen molar-refractivity contribution in [3.05, 3.63) is 64.7 Å². The number of benzene rings is 2. The molecule has 0 aliphatic rings. The van der Waals surface area contributed by atoms with Crippen molar-refractivity contribution in [1.82, 2.24) is 0 Å². The molecule has 2 rings (SSSR count). The molecule has 0 fully saturated rings. The third-order valence-electron chi connectivity index (χ3n) is 3.52. The summed E-state index contributed by atoms with van der Waals surface area (Å²) < 4.78 is 27.5. The van der Waals surface area contributed by atoms with Crippen LogP contribution in [0.25, 0.3) is 0 Å². The van der Waals surface area contributed by atoms with Gasteiger partial charge in [0.2, 0.25) is 0 Å². The third-order valence-corrected chi connectivity index (χ3v) is 4.38. The van der Waals surface area contributed by atoms with E-state index in [2.05, 4.69) is 10.1 Å². The summed E-state index contributed by atoms with van der Waals surface area (Å²) in [6, 6.07) is 11.3. The lowest BCUT2D eigenvalue weighted by Crippen LogP contribution is -2.14. The van der Waals surface area contributed by atoms with Crippen LogP contribution >= 0.6 is 0 Å². The molecule has 0 saturated heterocycles. The molecule has 7 heteroatoms. The number of carbonyl (C=O) groups is 2. The highest BCUT2D eigenvalue weighted by atomic mass is 32.2. The minimum absolute atomic E-state index is 0.134. The molecule has 0 unspecified atom stereocenters. The van der Waals surface area contributed by atoms with Gasteiger partial charge in [-0.1, -0.05) is 18.2 Å². The van der Waals surface area contributed by atoms with Crippen molar-refractivity contribution in [2.24, 2.45) is 0 Å². The van der Waals surface area contributed by atoms with Crippen LogP contribution in [0.5, 0.6) is 0 Å². The minimum atomic E-state index is -3.19. The van der Waals surface area contributed by atoms with Crippen LogP contribution < -0.4 is 5.32 Å². The molecule has 0 heterocycles. The zero-order valence-corrected chi connectivity index (χ0v) is 15.0. The SMILES string of the molecule is COC(=O)c1ccc(C)c(NC(=O)c2cccc(CS(C)(=O)=O)c2)c1. The van der Waals surface area contributed by atoms with E-state index < -0.39 is 15.8 Å². The lowest BCUT2D eigenvalue weighted by molar-refractivity contribution is 0.0600. The second kappa shape index (κ2) is 7.48. The lowest BCUT2D eigenvalue weighted by atomic mass is 10.1. The van der Waals surface area contributed by atoms with E-state index in [1.54, 1.807) is 43.3 Å². The summed E-state index contributed by atoms with van der Waals surface area (Å²) >= 11 is 0. The van der Waals surface area contributed by atoms with E-state index in [0.29, 0.717) is 22.4 Å². The molecule has 0 aliphatic heterocycles. The van der Waals surface area contributed by atoms with Gasteiger partial charge in [0, 0.05) is 17.5 Å². The second-order valence-electron chi connectivity index (χ2n) is 5.75. The summed E-state index contributed by atoms with van der Waals surface area (Å²) in [5, 5.41) is 2.74. The average Bonchev–Trinajstić information content (AvgIpc) is 2.54. The fraction of sp³-hybridized carbons (Fsp3) is 0.222. The zero-order chi connectivity index (χ0) is 18.6. The molecule has 2 aromatic rings. The van der Waals surface area contributed by atoms with Gasteiger partial charge in [-0.25, -0.2) is 13.2 Å². The third kappa shape index (κ3) is 5.15. The second-order valence-corrected chi connectivity index (χ2v) is 7.89. The Morgan fingerprint density at radius 1 is 1.08 bits per heavy atom. The average molecular weight is 361 g/mol. The zero-order valence-electron chi connectivity index (χ0n) is 14.2. The number of esters is 1. The van der Waals surface area contributed by atoms with E-state index in [9.17, 15) is 18.0 Å². The first-order chi connectivity index (χ1) is 11.7. The van der Waals surface area contributed by atoms with E-state index in [1.165, 1.54) is 13.2 Å². The monoisotopic (exact) mass is 361 g/mol. The number of anilines is 1. The van der Waals surface area contributed by atoms with E-state index in [4.69, 9.17) is 0 Å². The van der Waals surface area contributed by atoms with Crippen molar-refractivity contribution in [3.63, 3.8) is 0 Å². The Hall–Kier alpha value is -2.67. The smallest absolute Gasteiger partial charge is 0.337 e. The summed E-state index contributed by atoms with van der Waals surface area (Å²) in [4.78, 5) is 24.1. The Balaban J connectivity index is 2.25. The number of hydrogen-bond donors (Lipinski definition) is 1. The van der Waals surface area contributed by atoms with Crippen molar-refractivity contribution in [1.29, 1.82) is 0 Å². The van der Waals surface area contributed by atoms with Gasteiger partial charge in [0.05, 0.1) is 18.4 Å². The normalized spacial score (nSPS) is 11.0. The van der Waals surface area contributed by atoms with Crippen LogP contribution in [0, 0.1) is 6.92 Å². The molecule has 0 aromatic heterocycles. The van der Waals surface area contributed by atoms with E-state index in [1.807, 2.05) is 0 Å². The van der Waals surface area contributed by atoms with Crippen LogP contribution in [-0.4, -0.2) is 33.7 Å². The maximum atomic E-state index is 12.5. The van der Waals surface area contributed by atoms with Crippen LogP contribution in [0.4, 0.5) is 5.69 Å². The molecular formula is C18H19NO5S. The number of sulfone groups is 1. The highest BCUT2D eigenvalue weighted by Gasteiger charge is 2.13. The Morgan fingerprint density at radius 3 is 2.44 bits per heavy atom.